The molecular weight excluding hydrogens is 108 g/mol. The van der Waals surface area contributed by atoms with E-state index in [0.29, 0.717) is 0 Å². The zero-order valence-corrected chi connectivity index (χ0v) is 5.80. The van der Waals surface area contributed by atoms with E-state index in [1.54, 1.807) is 0 Å². The van der Waals surface area contributed by atoms with Crippen LogP contribution in [0.4, 0.5) is 0 Å². The minimum absolute atomic E-state index is 1.18. The van der Waals surface area contributed by atoms with Gasteiger partial charge in [-0.25, -0.2) is 0 Å². The first-order valence-corrected chi connectivity index (χ1v) is 3.39. The summed E-state index contributed by atoms with van der Waals surface area (Å²) in [5.74, 6) is 0. The molecule has 0 heterocycles. The molecule has 0 heteroatoms. The molecule has 0 atom stereocenters. The predicted molar refractivity (Wildman–Crippen MR) is 41.3 cm³/mol. The van der Waals surface area contributed by atoms with Gasteiger partial charge in [-0.3, -0.25) is 0 Å². The van der Waals surface area contributed by atoms with Crippen molar-refractivity contribution >= 4 is 0 Å². The van der Waals surface area contributed by atoms with Crippen LogP contribution in [0.1, 0.15) is 19.8 Å². The molecule has 0 amide bonds. The van der Waals surface area contributed by atoms with Crippen molar-refractivity contribution < 1.29 is 0 Å². The maximum Gasteiger partial charge on any atom is -0.0313 e. The molecule has 48 valence electrons. The largest absolute Gasteiger partial charge is 0.0842 e. The molecule has 0 saturated carbocycles. The molecule has 0 N–H and O–H groups in total. The van der Waals surface area contributed by atoms with Crippen LogP contribution in [0.25, 0.3) is 0 Å². The van der Waals surface area contributed by atoms with Crippen molar-refractivity contribution in [2.45, 2.75) is 19.8 Å². The molecule has 0 fully saturated rings. The number of hydrogen-bond donors (Lipinski definition) is 0. The summed E-state index contributed by atoms with van der Waals surface area (Å²) in [6.07, 6.45) is 13.2. The van der Waals surface area contributed by atoms with Crippen LogP contribution in [-0.4, -0.2) is 0 Å². The van der Waals surface area contributed by atoms with E-state index in [2.05, 4.69) is 37.3 Å². The SMILES string of the molecule is CC1=C/C=C\CCC=C1. The average molecular weight is 120 g/mol. The molecule has 0 aromatic carbocycles. The highest BCUT2D eigenvalue weighted by molar-refractivity contribution is 5.22. The van der Waals surface area contributed by atoms with Crippen LogP contribution in [0, 0.1) is 0 Å². The maximum absolute atomic E-state index is 2.22. The van der Waals surface area contributed by atoms with Gasteiger partial charge in [-0.2, -0.15) is 0 Å². The lowest BCUT2D eigenvalue weighted by Crippen LogP contribution is -1.72. The Morgan fingerprint density at radius 3 is 2.89 bits per heavy atom. The summed E-state index contributed by atoms with van der Waals surface area (Å²) in [6, 6.07) is 0. The Hall–Kier alpha value is -0.780. The van der Waals surface area contributed by atoms with Gasteiger partial charge in [0.15, 0.2) is 0 Å². The second-order valence-corrected chi connectivity index (χ2v) is 2.32. The molecule has 0 spiro atoms. The normalized spacial score (nSPS) is 22.1. The summed E-state index contributed by atoms with van der Waals surface area (Å²) < 4.78 is 0. The molecule has 0 nitrogen and oxygen atoms in total. The minimum Gasteiger partial charge on any atom is -0.0842 e. The van der Waals surface area contributed by atoms with Crippen molar-refractivity contribution in [2.75, 3.05) is 0 Å². The van der Waals surface area contributed by atoms with Crippen LogP contribution in [0.2, 0.25) is 0 Å². The second-order valence-electron chi connectivity index (χ2n) is 2.32. The van der Waals surface area contributed by atoms with Gasteiger partial charge >= 0.3 is 0 Å². The monoisotopic (exact) mass is 120 g/mol. The van der Waals surface area contributed by atoms with E-state index in [4.69, 9.17) is 0 Å². The van der Waals surface area contributed by atoms with E-state index in [-0.39, 0.29) is 0 Å². The highest BCUT2D eigenvalue weighted by Gasteiger charge is 1.82. The molecule has 1 aliphatic carbocycles. The summed E-state index contributed by atoms with van der Waals surface area (Å²) in [7, 11) is 0. The third kappa shape index (κ3) is 2.31. The molecule has 0 bridgehead atoms. The van der Waals surface area contributed by atoms with Gasteiger partial charge in [-0.1, -0.05) is 36.0 Å². The van der Waals surface area contributed by atoms with E-state index < -0.39 is 0 Å². The van der Waals surface area contributed by atoms with Crippen molar-refractivity contribution in [1.29, 1.82) is 0 Å². The van der Waals surface area contributed by atoms with Crippen LogP contribution in [-0.2, 0) is 0 Å². The third-order valence-electron chi connectivity index (χ3n) is 1.38. The topological polar surface area (TPSA) is 0 Å². The van der Waals surface area contributed by atoms with Crippen molar-refractivity contribution in [2.24, 2.45) is 0 Å². The fourth-order valence-corrected chi connectivity index (χ4v) is 0.833. The van der Waals surface area contributed by atoms with Gasteiger partial charge in [0.25, 0.3) is 0 Å². The van der Waals surface area contributed by atoms with Gasteiger partial charge in [-0.15, -0.1) is 0 Å². The van der Waals surface area contributed by atoms with E-state index in [9.17, 15) is 0 Å². The summed E-state index contributed by atoms with van der Waals surface area (Å²) in [5.41, 5.74) is 1.34. The summed E-state index contributed by atoms with van der Waals surface area (Å²) in [5, 5.41) is 0. The van der Waals surface area contributed by atoms with Crippen molar-refractivity contribution in [3.63, 3.8) is 0 Å². The van der Waals surface area contributed by atoms with Gasteiger partial charge < -0.3 is 0 Å². The molecule has 9 heavy (non-hydrogen) atoms. The van der Waals surface area contributed by atoms with Gasteiger partial charge in [0.1, 0.15) is 0 Å². The Bertz CT molecular complexity index is 159. The van der Waals surface area contributed by atoms with Crippen LogP contribution in [0.3, 0.4) is 0 Å². The standard InChI is InChI=1S/C9H12/c1-9-7-5-3-2-4-6-8-9/h3,5-8H,2,4H2,1H3/b5-3-,8-6?,9-7?. The Kier molecular flexibility index (Phi) is 2.32. The molecule has 1 rings (SSSR count). The summed E-state index contributed by atoms with van der Waals surface area (Å²) >= 11 is 0. The first kappa shape index (κ1) is 6.34. The fraction of sp³-hybridized carbons (Fsp3) is 0.333. The van der Waals surface area contributed by atoms with Gasteiger partial charge in [0.05, 0.1) is 0 Å². The minimum atomic E-state index is 1.18. The molecular formula is C9H12. The molecule has 0 unspecified atom stereocenters. The zero-order chi connectivity index (χ0) is 6.53. The van der Waals surface area contributed by atoms with E-state index in [1.807, 2.05) is 0 Å². The molecule has 0 aromatic heterocycles. The molecule has 0 aromatic rings. The van der Waals surface area contributed by atoms with Gasteiger partial charge in [0.2, 0.25) is 0 Å². The van der Waals surface area contributed by atoms with Crippen LogP contribution in [0.5, 0.6) is 0 Å². The summed E-state index contributed by atoms with van der Waals surface area (Å²) in [6.45, 7) is 2.12. The van der Waals surface area contributed by atoms with E-state index in [0.717, 1.165) is 0 Å². The molecule has 0 saturated heterocycles. The lowest BCUT2D eigenvalue weighted by Gasteiger charge is -1.92. The van der Waals surface area contributed by atoms with Crippen molar-refractivity contribution in [3.05, 3.63) is 36.0 Å². The molecule has 0 radical (unpaired) electrons. The zero-order valence-electron chi connectivity index (χ0n) is 5.80. The number of allylic oxidation sites excluding steroid dienone is 6. The predicted octanol–water partition coefficient (Wildman–Crippen LogP) is 2.84. The first-order chi connectivity index (χ1) is 4.39. The molecule has 0 aliphatic heterocycles. The second kappa shape index (κ2) is 3.29. The third-order valence-corrected chi connectivity index (χ3v) is 1.38. The molecule has 1 aliphatic rings. The van der Waals surface area contributed by atoms with Crippen LogP contribution in [0.15, 0.2) is 36.0 Å². The number of rotatable bonds is 0. The highest BCUT2D eigenvalue weighted by atomic mass is 13.9. The Balaban J connectivity index is 2.66. The average Bonchev–Trinajstić information content (AvgIpc) is 1.79. The lowest BCUT2D eigenvalue weighted by atomic mass is 10.1. The Labute approximate surface area is 56.6 Å². The Morgan fingerprint density at radius 2 is 2.00 bits per heavy atom. The van der Waals surface area contributed by atoms with Crippen molar-refractivity contribution in [3.8, 4) is 0 Å². The smallest absolute Gasteiger partial charge is 0.0313 e. The summed E-state index contributed by atoms with van der Waals surface area (Å²) in [4.78, 5) is 0. The van der Waals surface area contributed by atoms with E-state index in [1.165, 1.54) is 18.4 Å². The highest BCUT2D eigenvalue weighted by Crippen LogP contribution is 2.03. The quantitative estimate of drug-likeness (QED) is 0.461. The lowest BCUT2D eigenvalue weighted by molar-refractivity contribution is 1.05. The van der Waals surface area contributed by atoms with Crippen molar-refractivity contribution in [1.82, 2.24) is 0 Å². The van der Waals surface area contributed by atoms with Crippen LogP contribution >= 0.6 is 0 Å². The first-order valence-electron chi connectivity index (χ1n) is 3.39. The fourth-order valence-electron chi connectivity index (χ4n) is 0.833. The van der Waals surface area contributed by atoms with Gasteiger partial charge in [0, 0.05) is 0 Å². The van der Waals surface area contributed by atoms with Gasteiger partial charge in [-0.05, 0) is 19.8 Å². The van der Waals surface area contributed by atoms with Crippen LogP contribution < -0.4 is 0 Å². The van der Waals surface area contributed by atoms with E-state index >= 15 is 0 Å². The maximum atomic E-state index is 2.22. The Morgan fingerprint density at radius 1 is 1.22 bits per heavy atom. The number of hydrogen-bond acceptors (Lipinski definition) is 0.